The minimum Gasteiger partial charge on any atom is -0.507 e. The van der Waals surface area contributed by atoms with E-state index in [1.54, 1.807) is 31.4 Å². The van der Waals surface area contributed by atoms with Gasteiger partial charge in [0, 0.05) is 25.8 Å². The van der Waals surface area contributed by atoms with Crippen molar-refractivity contribution in [1.82, 2.24) is 4.90 Å². The van der Waals surface area contributed by atoms with Gasteiger partial charge in [0.2, 0.25) is 0 Å². The number of aryl methyl sites for hydroxylation is 1. The van der Waals surface area contributed by atoms with E-state index in [-0.39, 0.29) is 11.3 Å². The maximum atomic E-state index is 13.3. The highest BCUT2D eigenvalue weighted by Gasteiger charge is 2.45. The van der Waals surface area contributed by atoms with Crippen LogP contribution in [0.2, 0.25) is 0 Å². The number of ketones is 1. The van der Waals surface area contributed by atoms with Gasteiger partial charge in [-0.1, -0.05) is 66.7 Å². The molecule has 7 heteroatoms. The Balaban J connectivity index is 1.39. The van der Waals surface area contributed by atoms with Gasteiger partial charge in [0.25, 0.3) is 11.7 Å². The SMILES string of the molecule is COCCCN1C(=O)C(=O)/C(=C(/O)c2ccc(OCc3ccccc3C)cc2)C1c1ccc(OCc2ccccc2)cc1. The van der Waals surface area contributed by atoms with Crippen molar-refractivity contribution < 1.29 is 28.9 Å². The number of benzene rings is 4. The van der Waals surface area contributed by atoms with E-state index < -0.39 is 17.7 Å². The molecule has 220 valence electrons. The number of likely N-dealkylation sites (tertiary alicyclic amines) is 1. The van der Waals surface area contributed by atoms with Crippen molar-refractivity contribution >= 4 is 17.4 Å². The number of rotatable bonds is 12. The lowest BCUT2D eigenvalue weighted by atomic mass is 9.95. The summed E-state index contributed by atoms with van der Waals surface area (Å²) in [5.41, 5.74) is 4.44. The predicted molar refractivity (Wildman–Crippen MR) is 165 cm³/mol. The summed E-state index contributed by atoms with van der Waals surface area (Å²) in [5.74, 6) is -0.311. The average molecular weight is 578 g/mol. The van der Waals surface area contributed by atoms with Crippen LogP contribution in [-0.2, 0) is 27.5 Å². The van der Waals surface area contributed by atoms with E-state index in [1.807, 2.05) is 85.8 Å². The molecule has 7 nitrogen and oxygen atoms in total. The number of ether oxygens (including phenoxy) is 3. The zero-order chi connectivity index (χ0) is 30.2. The molecule has 4 aromatic carbocycles. The number of carbonyl (C=O) groups excluding carboxylic acids is 2. The molecule has 1 unspecified atom stereocenters. The molecule has 4 aromatic rings. The molecule has 0 aromatic heterocycles. The Morgan fingerprint density at radius 1 is 0.791 bits per heavy atom. The first-order valence-electron chi connectivity index (χ1n) is 14.3. The second kappa shape index (κ2) is 13.9. The fraction of sp³-hybridized carbons (Fsp3) is 0.222. The van der Waals surface area contributed by atoms with E-state index in [0.29, 0.717) is 55.4 Å². The summed E-state index contributed by atoms with van der Waals surface area (Å²) in [4.78, 5) is 28.1. The molecule has 0 bridgehead atoms. The molecule has 43 heavy (non-hydrogen) atoms. The number of aliphatic hydroxyl groups is 1. The van der Waals surface area contributed by atoms with Gasteiger partial charge in [0.1, 0.15) is 30.5 Å². The summed E-state index contributed by atoms with van der Waals surface area (Å²) >= 11 is 0. The van der Waals surface area contributed by atoms with Crippen LogP contribution in [-0.4, -0.2) is 42.0 Å². The Labute approximate surface area is 252 Å². The van der Waals surface area contributed by atoms with Gasteiger partial charge in [0.15, 0.2) is 0 Å². The first-order valence-corrected chi connectivity index (χ1v) is 14.3. The van der Waals surface area contributed by atoms with Crippen LogP contribution in [0, 0.1) is 6.92 Å². The molecule has 1 aliphatic rings. The third kappa shape index (κ3) is 6.96. The van der Waals surface area contributed by atoms with E-state index in [0.717, 1.165) is 16.7 Å². The number of amides is 1. The number of methoxy groups -OCH3 is 1. The van der Waals surface area contributed by atoms with Crippen LogP contribution in [0.4, 0.5) is 0 Å². The summed E-state index contributed by atoms with van der Waals surface area (Å²) in [7, 11) is 1.59. The van der Waals surface area contributed by atoms with Gasteiger partial charge >= 0.3 is 0 Å². The first kappa shape index (κ1) is 29.6. The highest BCUT2D eigenvalue weighted by atomic mass is 16.5. The molecule has 1 aliphatic heterocycles. The number of nitrogens with zero attached hydrogens (tertiary/aromatic N) is 1. The lowest BCUT2D eigenvalue weighted by molar-refractivity contribution is -0.140. The van der Waals surface area contributed by atoms with E-state index in [4.69, 9.17) is 14.2 Å². The van der Waals surface area contributed by atoms with E-state index >= 15 is 0 Å². The zero-order valence-corrected chi connectivity index (χ0v) is 24.4. The second-order valence-corrected chi connectivity index (χ2v) is 10.4. The Morgan fingerprint density at radius 2 is 1.42 bits per heavy atom. The standard InChI is InChI=1S/C36H35NO6/c1-25-9-6-7-12-29(25)24-43-31-19-15-28(16-20-31)34(38)32-33(37(21-8-22-41-2)36(40)35(32)39)27-13-17-30(18-14-27)42-23-26-10-4-3-5-11-26/h3-7,9-20,33,38H,8,21-24H2,1-2H3/b34-32+. The number of Topliss-reactive ketones (excluding diaryl/α,β-unsaturated/α-hetero) is 1. The third-order valence-electron chi connectivity index (χ3n) is 7.51. The molecule has 0 spiro atoms. The van der Waals surface area contributed by atoms with Gasteiger partial charge in [-0.2, -0.15) is 0 Å². The van der Waals surface area contributed by atoms with Crippen molar-refractivity contribution in [3.63, 3.8) is 0 Å². The normalized spacial score (nSPS) is 16.0. The summed E-state index contributed by atoms with van der Waals surface area (Å²) in [6.45, 7) is 3.60. The summed E-state index contributed by atoms with van der Waals surface area (Å²) in [6, 6.07) is 31.3. The topological polar surface area (TPSA) is 85.3 Å². The lowest BCUT2D eigenvalue weighted by Crippen LogP contribution is -2.31. The van der Waals surface area contributed by atoms with Gasteiger partial charge in [-0.3, -0.25) is 9.59 Å². The number of hydrogen-bond donors (Lipinski definition) is 1. The molecule has 1 heterocycles. The Hall–Kier alpha value is -4.88. The average Bonchev–Trinajstić information content (AvgIpc) is 3.29. The van der Waals surface area contributed by atoms with Gasteiger partial charge in [-0.25, -0.2) is 0 Å². The maximum Gasteiger partial charge on any atom is 0.295 e. The van der Waals surface area contributed by atoms with Crippen LogP contribution in [0.25, 0.3) is 5.76 Å². The molecular weight excluding hydrogens is 542 g/mol. The summed E-state index contributed by atoms with van der Waals surface area (Å²) in [6.07, 6.45) is 0.547. The van der Waals surface area contributed by atoms with Crippen LogP contribution in [0.5, 0.6) is 11.5 Å². The van der Waals surface area contributed by atoms with E-state index in [9.17, 15) is 14.7 Å². The Morgan fingerprint density at radius 3 is 2.09 bits per heavy atom. The van der Waals surface area contributed by atoms with Gasteiger partial charge in [0.05, 0.1) is 11.6 Å². The van der Waals surface area contributed by atoms with Crippen molar-refractivity contribution in [3.8, 4) is 11.5 Å². The smallest absolute Gasteiger partial charge is 0.295 e. The summed E-state index contributed by atoms with van der Waals surface area (Å²) < 4.78 is 17.1. The second-order valence-electron chi connectivity index (χ2n) is 10.4. The summed E-state index contributed by atoms with van der Waals surface area (Å²) in [5, 5.41) is 11.4. The van der Waals surface area contributed by atoms with Crippen molar-refractivity contribution in [2.75, 3.05) is 20.3 Å². The highest BCUT2D eigenvalue weighted by Crippen LogP contribution is 2.40. The Kier molecular flexibility index (Phi) is 9.54. The van der Waals surface area contributed by atoms with Crippen molar-refractivity contribution in [3.05, 3.63) is 137 Å². The number of hydrogen-bond acceptors (Lipinski definition) is 6. The molecular formula is C36H35NO6. The van der Waals surface area contributed by atoms with Crippen LogP contribution in [0.1, 0.15) is 40.3 Å². The van der Waals surface area contributed by atoms with Crippen molar-refractivity contribution in [1.29, 1.82) is 0 Å². The van der Waals surface area contributed by atoms with Crippen molar-refractivity contribution in [2.45, 2.75) is 32.6 Å². The van der Waals surface area contributed by atoms with E-state index in [2.05, 4.69) is 0 Å². The lowest BCUT2D eigenvalue weighted by Gasteiger charge is -2.25. The zero-order valence-electron chi connectivity index (χ0n) is 24.4. The molecule has 1 saturated heterocycles. The molecule has 1 amide bonds. The molecule has 1 atom stereocenters. The van der Waals surface area contributed by atoms with Gasteiger partial charge in [-0.15, -0.1) is 0 Å². The minimum atomic E-state index is -0.753. The molecule has 1 N–H and O–H groups in total. The van der Waals surface area contributed by atoms with Gasteiger partial charge in [-0.05, 0) is 72.0 Å². The first-order chi connectivity index (χ1) is 21.0. The Bertz CT molecular complexity index is 1580. The molecule has 0 aliphatic carbocycles. The van der Waals surface area contributed by atoms with Crippen LogP contribution in [0.15, 0.2) is 109 Å². The van der Waals surface area contributed by atoms with Gasteiger partial charge < -0.3 is 24.2 Å². The highest BCUT2D eigenvalue weighted by molar-refractivity contribution is 6.46. The van der Waals surface area contributed by atoms with E-state index in [1.165, 1.54) is 4.90 Å². The minimum absolute atomic E-state index is 0.0500. The predicted octanol–water partition coefficient (Wildman–Crippen LogP) is 6.61. The molecule has 0 saturated carbocycles. The molecule has 5 rings (SSSR count). The molecule has 0 radical (unpaired) electrons. The fourth-order valence-corrected chi connectivity index (χ4v) is 5.12. The van der Waals surface area contributed by atoms with Crippen molar-refractivity contribution in [2.24, 2.45) is 0 Å². The number of carbonyl (C=O) groups is 2. The number of aliphatic hydroxyl groups excluding tert-OH is 1. The fourth-order valence-electron chi connectivity index (χ4n) is 5.12. The quantitative estimate of drug-likeness (QED) is 0.0883. The van der Waals surface area contributed by atoms with Crippen LogP contribution in [0.3, 0.4) is 0 Å². The van der Waals surface area contributed by atoms with Crippen LogP contribution < -0.4 is 9.47 Å². The maximum absolute atomic E-state index is 13.3. The third-order valence-corrected chi connectivity index (χ3v) is 7.51. The van der Waals surface area contributed by atoms with Crippen LogP contribution >= 0.6 is 0 Å². The monoisotopic (exact) mass is 577 g/mol. The largest absolute Gasteiger partial charge is 0.507 e. The molecule has 1 fully saturated rings.